The average molecular weight is 423 g/mol. The normalized spacial score (nSPS) is 14.6. The molecule has 0 spiro atoms. The highest BCUT2D eigenvalue weighted by atomic mass is 35.5. The lowest BCUT2D eigenvalue weighted by molar-refractivity contribution is -0.317. The number of rotatable bonds is 3. The first-order valence-electron chi connectivity index (χ1n) is 7.30. The third-order valence-electron chi connectivity index (χ3n) is 3.49. The SMILES string of the molecule is COc1ccc(NC(=O)NC2(C(F)(F)F)Oc3cc(Cl)c(Cl)cc3O2)cc1. The topological polar surface area (TPSA) is 68.8 Å². The third-order valence-corrected chi connectivity index (χ3v) is 4.22. The highest BCUT2D eigenvalue weighted by molar-refractivity contribution is 6.42. The number of benzene rings is 2. The minimum atomic E-state index is -5.11. The first-order chi connectivity index (χ1) is 12.6. The van der Waals surface area contributed by atoms with Crippen molar-refractivity contribution in [3.63, 3.8) is 0 Å². The van der Waals surface area contributed by atoms with E-state index < -0.39 is 18.1 Å². The van der Waals surface area contributed by atoms with Gasteiger partial charge < -0.3 is 19.5 Å². The van der Waals surface area contributed by atoms with Crippen molar-refractivity contribution >= 4 is 34.9 Å². The van der Waals surface area contributed by atoms with Crippen LogP contribution in [0, 0.1) is 0 Å². The number of fused-ring (bicyclic) bond motifs is 1. The van der Waals surface area contributed by atoms with Crippen molar-refractivity contribution in [3.8, 4) is 17.2 Å². The lowest BCUT2D eigenvalue weighted by Gasteiger charge is -2.29. The number of anilines is 1. The van der Waals surface area contributed by atoms with Crippen LogP contribution in [0.2, 0.25) is 10.0 Å². The molecule has 2 aromatic carbocycles. The maximum atomic E-state index is 13.6. The number of urea groups is 1. The Bertz CT molecular complexity index is 844. The molecule has 0 radical (unpaired) electrons. The summed E-state index contributed by atoms with van der Waals surface area (Å²) in [5.41, 5.74) is 0.229. The standard InChI is InChI=1S/C16H11Cl2F3N2O4/c1-25-9-4-2-8(3-5-9)22-14(24)23-16(15(19,20)21)26-12-6-10(17)11(18)7-13(12)27-16/h2-7H,1H3,(H2,22,23,24). The van der Waals surface area contributed by atoms with Crippen LogP contribution in [0.5, 0.6) is 17.2 Å². The third kappa shape index (κ3) is 3.79. The van der Waals surface area contributed by atoms with E-state index >= 15 is 0 Å². The van der Waals surface area contributed by atoms with E-state index in [1.165, 1.54) is 31.4 Å². The second-order valence-electron chi connectivity index (χ2n) is 5.34. The van der Waals surface area contributed by atoms with Crippen LogP contribution in [-0.4, -0.2) is 25.2 Å². The minimum Gasteiger partial charge on any atom is -0.497 e. The van der Waals surface area contributed by atoms with Crippen LogP contribution in [0.25, 0.3) is 0 Å². The maximum absolute atomic E-state index is 13.6. The Kier molecular flexibility index (Phi) is 4.92. The molecule has 0 fully saturated rings. The quantitative estimate of drug-likeness (QED) is 0.744. The van der Waals surface area contributed by atoms with Crippen LogP contribution in [0.15, 0.2) is 36.4 Å². The number of hydrogen-bond donors (Lipinski definition) is 2. The van der Waals surface area contributed by atoms with Gasteiger partial charge in [0, 0.05) is 17.8 Å². The molecule has 1 heterocycles. The van der Waals surface area contributed by atoms with Crippen LogP contribution < -0.4 is 24.8 Å². The fourth-order valence-corrected chi connectivity index (χ4v) is 2.53. The number of amides is 2. The van der Waals surface area contributed by atoms with E-state index in [0.717, 1.165) is 12.1 Å². The van der Waals surface area contributed by atoms with Crippen LogP contribution in [0.1, 0.15) is 0 Å². The molecule has 6 nitrogen and oxygen atoms in total. The summed E-state index contributed by atoms with van der Waals surface area (Å²) in [7, 11) is 1.45. The summed E-state index contributed by atoms with van der Waals surface area (Å²) in [4.78, 5) is 12.1. The smallest absolute Gasteiger partial charge is 0.492 e. The first kappa shape index (κ1) is 19.2. The second-order valence-corrected chi connectivity index (χ2v) is 6.15. The predicted octanol–water partition coefficient (Wildman–Crippen LogP) is 4.81. The van der Waals surface area contributed by atoms with Crippen LogP contribution in [-0.2, 0) is 0 Å². The number of carbonyl (C=O) groups excluding carboxylic acids is 1. The lowest BCUT2D eigenvalue weighted by atomic mass is 10.3. The molecule has 27 heavy (non-hydrogen) atoms. The van der Waals surface area contributed by atoms with Crippen molar-refractivity contribution in [2.75, 3.05) is 12.4 Å². The molecule has 0 saturated heterocycles. The highest BCUT2D eigenvalue weighted by Gasteiger charge is 2.65. The molecule has 0 unspecified atom stereocenters. The van der Waals surface area contributed by atoms with Gasteiger partial charge in [-0.2, -0.15) is 13.2 Å². The van der Waals surface area contributed by atoms with E-state index in [-0.39, 0.29) is 27.2 Å². The summed E-state index contributed by atoms with van der Waals surface area (Å²) in [6, 6.07) is 6.87. The van der Waals surface area contributed by atoms with Gasteiger partial charge in [0.05, 0.1) is 17.2 Å². The van der Waals surface area contributed by atoms with Gasteiger partial charge in [-0.15, -0.1) is 0 Å². The lowest BCUT2D eigenvalue weighted by Crippen LogP contribution is -2.65. The molecule has 3 rings (SSSR count). The zero-order chi connectivity index (χ0) is 19.8. The van der Waals surface area contributed by atoms with E-state index in [0.29, 0.717) is 5.75 Å². The van der Waals surface area contributed by atoms with Gasteiger partial charge in [-0.05, 0) is 24.3 Å². The van der Waals surface area contributed by atoms with E-state index in [1.807, 2.05) is 0 Å². The van der Waals surface area contributed by atoms with Gasteiger partial charge in [-0.1, -0.05) is 23.2 Å². The van der Waals surface area contributed by atoms with Crippen LogP contribution >= 0.6 is 23.2 Å². The number of carbonyl (C=O) groups is 1. The Labute approximate surface area is 161 Å². The number of alkyl halides is 3. The molecule has 0 atom stereocenters. The molecule has 0 bridgehead atoms. The number of methoxy groups -OCH3 is 1. The van der Waals surface area contributed by atoms with E-state index in [2.05, 4.69) is 5.32 Å². The number of ether oxygens (including phenoxy) is 3. The Morgan fingerprint density at radius 2 is 1.59 bits per heavy atom. The van der Waals surface area contributed by atoms with Gasteiger partial charge >= 0.3 is 18.1 Å². The van der Waals surface area contributed by atoms with E-state index in [9.17, 15) is 18.0 Å². The van der Waals surface area contributed by atoms with E-state index in [1.54, 1.807) is 5.32 Å². The Morgan fingerprint density at radius 1 is 1.07 bits per heavy atom. The van der Waals surface area contributed by atoms with Crippen molar-refractivity contribution < 1.29 is 32.2 Å². The van der Waals surface area contributed by atoms with Crippen LogP contribution in [0.4, 0.5) is 23.7 Å². The summed E-state index contributed by atoms with van der Waals surface area (Å²) in [6.45, 7) is 0. The molecule has 1 aliphatic heterocycles. The molecule has 0 aromatic heterocycles. The maximum Gasteiger partial charge on any atom is 0.492 e. The van der Waals surface area contributed by atoms with Gasteiger partial charge in [-0.3, -0.25) is 5.32 Å². The Morgan fingerprint density at radius 3 is 2.04 bits per heavy atom. The first-order valence-corrected chi connectivity index (χ1v) is 8.06. The molecule has 2 amide bonds. The summed E-state index contributed by atoms with van der Waals surface area (Å²) < 4.78 is 55.5. The zero-order valence-electron chi connectivity index (χ0n) is 13.5. The fraction of sp³-hybridized carbons (Fsp3) is 0.188. The zero-order valence-corrected chi connectivity index (χ0v) is 15.0. The summed E-state index contributed by atoms with van der Waals surface area (Å²) >= 11 is 11.6. The molecule has 0 aliphatic carbocycles. The molecule has 1 aliphatic rings. The van der Waals surface area contributed by atoms with Crippen LogP contribution in [0.3, 0.4) is 0 Å². The second kappa shape index (κ2) is 6.90. The predicted molar refractivity (Wildman–Crippen MR) is 91.7 cm³/mol. The van der Waals surface area contributed by atoms with Crippen molar-refractivity contribution in [2.24, 2.45) is 0 Å². The molecular weight excluding hydrogens is 412 g/mol. The van der Waals surface area contributed by atoms with Crippen molar-refractivity contribution in [2.45, 2.75) is 12.1 Å². The van der Waals surface area contributed by atoms with Gasteiger partial charge in [0.1, 0.15) is 5.75 Å². The van der Waals surface area contributed by atoms with Gasteiger partial charge in [0.2, 0.25) is 0 Å². The van der Waals surface area contributed by atoms with Crippen molar-refractivity contribution in [1.82, 2.24) is 5.32 Å². The molecule has 2 N–H and O–H groups in total. The summed E-state index contributed by atoms with van der Waals surface area (Å²) in [6.07, 6.45) is -5.11. The number of nitrogens with one attached hydrogen (secondary N) is 2. The monoisotopic (exact) mass is 422 g/mol. The molecule has 0 saturated carbocycles. The Balaban J connectivity index is 1.81. The number of hydrogen-bond acceptors (Lipinski definition) is 4. The van der Waals surface area contributed by atoms with Crippen molar-refractivity contribution in [1.29, 1.82) is 0 Å². The minimum absolute atomic E-state index is 0.0281. The Hall–Kier alpha value is -2.52. The average Bonchev–Trinajstić information content (AvgIpc) is 2.94. The molecule has 144 valence electrons. The molecule has 11 heteroatoms. The molecule has 2 aromatic rings. The number of halogens is 5. The summed E-state index contributed by atoms with van der Waals surface area (Å²) in [5.74, 6) is -3.54. The van der Waals surface area contributed by atoms with Gasteiger partial charge in [-0.25, -0.2) is 4.79 Å². The van der Waals surface area contributed by atoms with Crippen molar-refractivity contribution in [3.05, 3.63) is 46.4 Å². The molecular formula is C16H11Cl2F3N2O4. The van der Waals surface area contributed by atoms with E-state index in [4.69, 9.17) is 37.4 Å². The van der Waals surface area contributed by atoms with Gasteiger partial charge in [0.15, 0.2) is 11.5 Å². The summed E-state index contributed by atoms with van der Waals surface area (Å²) in [5, 5.41) is 3.85. The fourth-order valence-electron chi connectivity index (χ4n) is 2.22. The highest BCUT2D eigenvalue weighted by Crippen LogP contribution is 2.47. The van der Waals surface area contributed by atoms with Gasteiger partial charge in [0.25, 0.3) is 0 Å². The largest absolute Gasteiger partial charge is 0.497 e.